The molecular formula is C17H13ClN2S. The number of hydrogen-bond acceptors (Lipinski definition) is 3. The normalized spacial score (nSPS) is 10.6. The van der Waals surface area contributed by atoms with Gasteiger partial charge in [-0.05, 0) is 42.2 Å². The summed E-state index contributed by atoms with van der Waals surface area (Å²) in [4.78, 5) is 9.89. The number of aromatic nitrogens is 2. The Kier molecular flexibility index (Phi) is 4.23. The maximum Gasteiger partial charge on any atom is 0.0796 e. The molecule has 0 fully saturated rings. The SMILES string of the molecule is CSc1ccc(-c2cc(Cl)cnc2-c2cccnc2)cc1. The lowest BCUT2D eigenvalue weighted by atomic mass is 10.0. The van der Waals surface area contributed by atoms with Crippen molar-refractivity contribution >= 4 is 23.4 Å². The van der Waals surface area contributed by atoms with Gasteiger partial charge in [-0.3, -0.25) is 9.97 Å². The second kappa shape index (κ2) is 6.29. The van der Waals surface area contributed by atoms with Gasteiger partial charge in [0.2, 0.25) is 0 Å². The molecule has 104 valence electrons. The van der Waals surface area contributed by atoms with Gasteiger partial charge in [0, 0.05) is 34.6 Å². The van der Waals surface area contributed by atoms with Gasteiger partial charge >= 0.3 is 0 Å². The molecule has 0 saturated heterocycles. The summed E-state index contributed by atoms with van der Waals surface area (Å²) in [5.41, 5.74) is 3.99. The number of benzene rings is 1. The molecule has 21 heavy (non-hydrogen) atoms. The number of hydrogen-bond donors (Lipinski definition) is 0. The molecule has 3 aromatic rings. The van der Waals surface area contributed by atoms with Gasteiger partial charge in [0.1, 0.15) is 0 Å². The molecule has 0 unspecified atom stereocenters. The molecule has 4 heteroatoms. The molecule has 0 amide bonds. The number of thioether (sulfide) groups is 1. The van der Waals surface area contributed by atoms with Crippen LogP contribution in [0.4, 0.5) is 0 Å². The van der Waals surface area contributed by atoms with Gasteiger partial charge in [-0.25, -0.2) is 0 Å². The van der Waals surface area contributed by atoms with Crippen LogP contribution in [0.2, 0.25) is 5.02 Å². The largest absolute Gasteiger partial charge is 0.264 e. The van der Waals surface area contributed by atoms with E-state index >= 15 is 0 Å². The van der Waals surface area contributed by atoms with Gasteiger partial charge in [0.05, 0.1) is 10.7 Å². The number of pyridine rings is 2. The van der Waals surface area contributed by atoms with Crippen LogP contribution in [-0.4, -0.2) is 16.2 Å². The van der Waals surface area contributed by atoms with Crippen molar-refractivity contribution in [2.75, 3.05) is 6.26 Å². The third-order valence-electron chi connectivity index (χ3n) is 3.19. The van der Waals surface area contributed by atoms with Crippen molar-refractivity contribution in [3.05, 3.63) is 66.1 Å². The van der Waals surface area contributed by atoms with E-state index in [4.69, 9.17) is 11.6 Å². The maximum atomic E-state index is 6.13. The van der Waals surface area contributed by atoms with Gasteiger partial charge in [0.15, 0.2) is 0 Å². The lowest BCUT2D eigenvalue weighted by Gasteiger charge is -2.10. The first-order chi connectivity index (χ1) is 10.3. The minimum atomic E-state index is 0.631. The zero-order valence-corrected chi connectivity index (χ0v) is 13.0. The molecule has 2 aromatic heterocycles. The van der Waals surface area contributed by atoms with Crippen molar-refractivity contribution in [2.24, 2.45) is 0 Å². The fourth-order valence-corrected chi connectivity index (χ4v) is 2.73. The van der Waals surface area contributed by atoms with E-state index in [9.17, 15) is 0 Å². The van der Waals surface area contributed by atoms with E-state index < -0.39 is 0 Å². The summed E-state index contributed by atoms with van der Waals surface area (Å²) in [5, 5.41) is 0.631. The van der Waals surface area contributed by atoms with Crippen molar-refractivity contribution in [1.29, 1.82) is 0 Å². The van der Waals surface area contributed by atoms with Crippen molar-refractivity contribution in [3.8, 4) is 22.4 Å². The van der Waals surface area contributed by atoms with Crippen molar-refractivity contribution in [1.82, 2.24) is 9.97 Å². The van der Waals surface area contributed by atoms with Crippen LogP contribution in [0.3, 0.4) is 0 Å². The topological polar surface area (TPSA) is 25.8 Å². The van der Waals surface area contributed by atoms with Crippen LogP contribution in [0.15, 0.2) is 66.0 Å². The summed E-state index contributed by atoms with van der Waals surface area (Å²) >= 11 is 7.86. The van der Waals surface area contributed by atoms with Crippen LogP contribution in [0.1, 0.15) is 0 Å². The van der Waals surface area contributed by atoms with E-state index in [0.717, 1.165) is 22.4 Å². The quantitative estimate of drug-likeness (QED) is 0.623. The maximum absolute atomic E-state index is 6.13. The lowest BCUT2D eigenvalue weighted by molar-refractivity contribution is 1.28. The molecule has 0 N–H and O–H groups in total. The van der Waals surface area contributed by atoms with Crippen LogP contribution in [-0.2, 0) is 0 Å². The van der Waals surface area contributed by atoms with E-state index in [1.807, 2.05) is 24.4 Å². The summed E-state index contributed by atoms with van der Waals surface area (Å²) < 4.78 is 0. The molecule has 0 saturated carbocycles. The smallest absolute Gasteiger partial charge is 0.0796 e. The van der Waals surface area contributed by atoms with Crippen LogP contribution >= 0.6 is 23.4 Å². The average Bonchev–Trinajstić information content (AvgIpc) is 2.56. The third-order valence-corrected chi connectivity index (χ3v) is 4.14. The second-order valence-electron chi connectivity index (χ2n) is 4.52. The van der Waals surface area contributed by atoms with E-state index in [-0.39, 0.29) is 0 Å². The molecule has 2 heterocycles. The number of nitrogens with zero attached hydrogens (tertiary/aromatic N) is 2. The Labute approximate surface area is 133 Å². The summed E-state index contributed by atoms with van der Waals surface area (Å²) in [6.07, 6.45) is 7.31. The molecule has 3 rings (SSSR count). The number of halogens is 1. The predicted octanol–water partition coefficient (Wildman–Crippen LogP) is 5.19. The zero-order chi connectivity index (χ0) is 14.7. The Balaban J connectivity index is 2.14. The third kappa shape index (κ3) is 3.09. The Morgan fingerprint density at radius 3 is 2.48 bits per heavy atom. The van der Waals surface area contributed by atoms with Crippen molar-refractivity contribution in [3.63, 3.8) is 0 Å². The van der Waals surface area contributed by atoms with Crippen LogP contribution in [0, 0.1) is 0 Å². The highest BCUT2D eigenvalue weighted by Gasteiger charge is 2.10. The Bertz CT molecular complexity index is 742. The fraction of sp³-hybridized carbons (Fsp3) is 0.0588. The second-order valence-corrected chi connectivity index (χ2v) is 5.84. The average molecular weight is 313 g/mol. The molecule has 1 aromatic carbocycles. The molecule has 0 radical (unpaired) electrons. The van der Waals surface area contributed by atoms with E-state index in [1.165, 1.54) is 4.90 Å². The van der Waals surface area contributed by atoms with E-state index in [0.29, 0.717) is 5.02 Å². The lowest BCUT2D eigenvalue weighted by Crippen LogP contribution is -1.90. The minimum Gasteiger partial charge on any atom is -0.264 e. The molecule has 0 aliphatic heterocycles. The van der Waals surface area contributed by atoms with Gasteiger partial charge in [-0.1, -0.05) is 23.7 Å². The molecule has 0 atom stereocenters. The highest BCUT2D eigenvalue weighted by Crippen LogP contribution is 2.32. The summed E-state index contributed by atoms with van der Waals surface area (Å²) in [6, 6.07) is 14.3. The fourth-order valence-electron chi connectivity index (χ4n) is 2.16. The molecule has 0 spiro atoms. The molecule has 0 aliphatic carbocycles. The predicted molar refractivity (Wildman–Crippen MR) is 89.7 cm³/mol. The first kappa shape index (κ1) is 14.1. The van der Waals surface area contributed by atoms with Crippen molar-refractivity contribution in [2.45, 2.75) is 4.90 Å². The number of rotatable bonds is 3. The monoisotopic (exact) mass is 312 g/mol. The van der Waals surface area contributed by atoms with Gasteiger partial charge in [-0.15, -0.1) is 11.8 Å². The first-order valence-corrected chi connectivity index (χ1v) is 8.08. The Hall–Kier alpha value is -1.84. The summed E-state index contributed by atoms with van der Waals surface area (Å²) in [6.45, 7) is 0. The standard InChI is InChI=1S/C17H13ClN2S/c1-21-15-6-4-12(5-7-15)16-9-14(18)11-20-17(16)13-3-2-8-19-10-13/h2-11H,1H3. The molecule has 0 bridgehead atoms. The highest BCUT2D eigenvalue weighted by molar-refractivity contribution is 7.98. The van der Waals surface area contributed by atoms with Crippen LogP contribution in [0.5, 0.6) is 0 Å². The van der Waals surface area contributed by atoms with E-state index in [2.05, 4.69) is 40.5 Å². The minimum absolute atomic E-state index is 0.631. The zero-order valence-electron chi connectivity index (χ0n) is 11.5. The summed E-state index contributed by atoms with van der Waals surface area (Å²) in [7, 11) is 0. The van der Waals surface area contributed by atoms with E-state index in [1.54, 1.807) is 24.2 Å². The van der Waals surface area contributed by atoms with Gasteiger partial charge in [-0.2, -0.15) is 0 Å². The highest BCUT2D eigenvalue weighted by atomic mass is 35.5. The summed E-state index contributed by atoms with van der Waals surface area (Å²) in [5.74, 6) is 0. The molecule has 0 aliphatic rings. The molecule has 2 nitrogen and oxygen atoms in total. The first-order valence-electron chi connectivity index (χ1n) is 6.48. The Morgan fingerprint density at radius 2 is 1.81 bits per heavy atom. The van der Waals surface area contributed by atoms with Gasteiger partial charge in [0.25, 0.3) is 0 Å². The van der Waals surface area contributed by atoms with Crippen LogP contribution in [0.25, 0.3) is 22.4 Å². The van der Waals surface area contributed by atoms with Crippen LogP contribution < -0.4 is 0 Å². The Morgan fingerprint density at radius 1 is 1.00 bits per heavy atom. The van der Waals surface area contributed by atoms with Gasteiger partial charge < -0.3 is 0 Å². The molecular weight excluding hydrogens is 300 g/mol. The van der Waals surface area contributed by atoms with Crippen molar-refractivity contribution < 1.29 is 0 Å².